The van der Waals surface area contributed by atoms with Crippen LogP contribution in [0.25, 0.3) is 0 Å². The van der Waals surface area contributed by atoms with Crippen molar-refractivity contribution in [2.24, 2.45) is 0 Å². The topological polar surface area (TPSA) is 70.8 Å². The Morgan fingerprint density at radius 3 is 2.61 bits per heavy atom. The van der Waals surface area contributed by atoms with E-state index in [9.17, 15) is 0 Å². The van der Waals surface area contributed by atoms with Crippen LogP contribution in [0.3, 0.4) is 0 Å². The number of hydrogen-bond donors (Lipinski definition) is 1. The molecule has 0 unspecified atom stereocenters. The molecule has 1 aliphatic heterocycles. The molecule has 1 aliphatic rings. The van der Waals surface area contributed by atoms with Crippen LogP contribution in [0.5, 0.6) is 0 Å². The smallest absolute Gasteiger partial charge is 0.149 e. The predicted molar refractivity (Wildman–Crippen MR) is 68.1 cm³/mol. The van der Waals surface area contributed by atoms with Crippen molar-refractivity contribution in [3.05, 3.63) is 17.8 Å². The fourth-order valence-corrected chi connectivity index (χ4v) is 1.97. The monoisotopic (exact) mass is 246 g/mol. The summed E-state index contributed by atoms with van der Waals surface area (Å²) >= 11 is 0. The van der Waals surface area contributed by atoms with E-state index in [4.69, 9.17) is 10.00 Å². The number of nitriles is 1. The van der Waals surface area contributed by atoms with Crippen LogP contribution in [0.2, 0.25) is 0 Å². The molecule has 1 N–H and O–H groups in total. The Morgan fingerprint density at radius 2 is 2.06 bits per heavy atom. The largest absolute Gasteiger partial charge is 0.381 e. The summed E-state index contributed by atoms with van der Waals surface area (Å²) in [7, 11) is 0. The SMILES string of the molecule is CC(C)(C#N)Nc1ccc(C2CCOCC2)nn1. The maximum atomic E-state index is 8.94. The molecule has 18 heavy (non-hydrogen) atoms. The lowest BCUT2D eigenvalue weighted by Gasteiger charge is -2.22. The van der Waals surface area contributed by atoms with Gasteiger partial charge < -0.3 is 10.1 Å². The third kappa shape index (κ3) is 3.17. The summed E-state index contributed by atoms with van der Waals surface area (Å²) in [4.78, 5) is 0. The highest BCUT2D eigenvalue weighted by molar-refractivity contribution is 5.39. The second-order valence-electron chi connectivity index (χ2n) is 5.09. The highest BCUT2D eigenvalue weighted by atomic mass is 16.5. The van der Waals surface area contributed by atoms with Crippen LogP contribution in [-0.4, -0.2) is 29.0 Å². The third-order valence-electron chi connectivity index (χ3n) is 3.04. The van der Waals surface area contributed by atoms with E-state index in [0.717, 1.165) is 31.7 Å². The first-order chi connectivity index (χ1) is 8.61. The molecule has 5 heteroatoms. The molecule has 0 amide bonds. The summed E-state index contributed by atoms with van der Waals surface area (Å²) in [5.41, 5.74) is 0.383. The zero-order chi connectivity index (χ0) is 13.0. The van der Waals surface area contributed by atoms with Gasteiger partial charge in [-0.15, -0.1) is 5.10 Å². The first kappa shape index (κ1) is 12.8. The number of anilines is 1. The molecule has 0 bridgehead atoms. The molecule has 5 nitrogen and oxygen atoms in total. The summed E-state index contributed by atoms with van der Waals surface area (Å²) in [5.74, 6) is 1.08. The van der Waals surface area contributed by atoms with Gasteiger partial charge in [0.2, 0.25) is 0 Å². The van der Waals surface area contributed by atoms with E-state index in [0.29, 0.717) is 11.7 Å². The molecule has 1 aromatic rings. The molecule has 1 saturated heterocycles. The van der Waals surface area contributed by atoms with Crippen LogP contribution < -0.4 is 5.32 Å². The van der Waals surface area contributed by atoms with Crippen molar-refractivity contribution in [3.8, 4) is 6.07 Å². The van der Waals surface area contributed by atoms with Crippen LogP contribution >= 0.6 is 0 Å². The molecule has 2 heterocycles. The van der Waals surface area contributed by atoms with Gasteiger partial charge in [-0.2, -0.15) is 10.4 Å². The van der Waals surface area contributed by atoms with Crippen molar-refractivity contribution in [2.75, 3.05) is 18.5 Å². The van der Waals surface area contributed by atoms with Gasteiger partial charge in [0.05, 0.1) is 11.8 Å². The van der Waals surface area contributed by atoms with Gasteiger partial charge in [0.25, 0.3) is 0 Å². The number of aromatic nitrogens is 2. The Bertz CT molecular complexity index is 429. The standard InChI is InChI=1S/C13H18N4O/c1-13(2,9-14)15-12-4-3-11(16-17-12)10-5-7-18-8-6-10/h3-4,10H,5-8H2,1-2H3,(H,15,17). The first-order valence-corrected chi connectivity index (χ1v) is 6.21. The van der Waals surface area contributed by atoms with Gasteiger partial charge >= 0.3 is 0 Å². The fourth-order valence-electron chi connectivity index (χ4n) is 1.97. The molecule has 0 aliphatic carbocycles. The van der Waals surface area contributed by atoms with Gasteiger partial charge in [-0.3, -0.25) is 0 Å². The number of nitrogens with one attached hydrogen (secondary N) is 1. The minimum absolute atomic E-state index is 0.448. The van der Waals surface area contributed by atoms with Crippen molar-refractivity contribution in [1.29, 1.82) is 5.26 Å². The number of ether oxygens (including phenoxy) is 1. The molecule has 2 rings (SSSR count). The second-order valence-corrected chi connectivity index (χ2v) is 5.09. The maximum Gasteiger partial charge on any atom is 0.149 e. The lowest BCUT2D eigenvalue weighted by molar-refractivity contribution is 0.0843. The van der Waals surface area contributed by atoms with E-state index >= 15 is 0 Å². The lowest BCUT2D eigenvalue weighted by atomic mass is 9.96. The normalized spacial score (nSPS) is 17.2. The zero-order valence-corrected chi connectivity index (χ0v) is 10.8. The molecule has 0 spiro atoms. The van der Waals surface area contributed by atoms with Crippen LogP contribution in [0.15, 0.2) is 12.1 Å². The minimum atomic E-state index is -0.630. The number of nitrogens with zero attached hydrogens (tertiary/aromatic N) is 3. The summed E-state index contributed by atoms with van der Waals surface area (Å²) in [6, 6.07) is 6.04. The number of rotatable bonds is 3. The van der Waals surface area contributed by atoms with Crippen molar-refractivity contribution in [1.82, 2.24) is 10.2 Å². The van der Waals surface area contributed by atoms with Crippen LogP contribution in [0.4, 0.5) is 5.82 Å². The molecular formula is C13H18N4O. The van der Waals surface area contributed by atoms with E-state index < -0.39 is 5.54 Å². The van der Waals surface area contributed by atoms with Crippen LogP contribution in [0.1, 0.15) is 38.3 Å². The Kier molecular flexibility index (Phi) is 3.78. The summed E-state index contributed by atoms with van der Waals surface area (Å²) in [6.45, 7) is 5.21. The quantitative estimate of drug-likeness (QED) is 0.884. The Balaban J connectivity index is 2.03. The lowest BCUT2D eigenvalue weighted by Crippen LogP contribution is -2.29. The van der Waals surface area contributed by atoms with E-state index in [1.807, 2.05) is 12.1 Å². The summed E-state index contributed by atoms with van der Waals surface area (Å²) in [6.07, 6.45) is 2.01. The Morgan fingerprint density at radius 1 is 1.33 bits per heavy atom. The van der Waals surface area contributed by atoms with Gasteiger partial charge in [-0.1, -0.05) is 0 Å². The van der Waals surface area contributed by atoms with Gasteiger partial charge in [0.15, 0.2) is 0 Å². The molecular weight excluding hydrogens is 228 g/mol. The van der Waals surface area contributed by atoms with E-state index in [2.05, 4.69) is 21.6 Å². The van der Waals surface area contributed by atoms with E-state index in [1.165, 1.54) is 0 Å². The van der Waals surface area contributed by atoms with Gasteiger partial charge in [-0.25, -0.2) is 0 Å². The molecule has 1 aromatic heterocycles. The summed E-state index contributed by atoms with van der Waals surface area (Å²) < 4.78 is 5.33. The molecule has 96 valence electrons. The predicted octanol–water partition coefficient (Wildman–Crippen LogP) is 2.08. The Hall–Kier alpha value is -1.67. The molecule has 0 saturated carbocycles. The van der Waals surface area contributed by atoms with Crippen molar-refractivity contribution in [2.45, 2.75) is 38.1 Å². The Labute approximate surface area is 107 Å². The van der Waals surface area contributed by atoms with Crippen LogP contribution in [-0.2, 0) is 4.74 Å². The zero-order valence-electron chi connectivity index (χ0n) is 10.8. The highest BCUT2D eigenvalue weighted by Crippen LogP contribution is 2.25. The van der Waals surface area contributed by atoms with Crippen molar-refractivity contribution < 1.29 is 4.74 Å². The van der Waals surface area contributed by atoms with E-state index in [1.54, 1.807) is 13.8 Å². The van der Waals surface area contributed by atoms with E-state index in [-0.39, 0.29) is 0 Å². The average Bonchev–Trinajstić information content (AvgIpc) is 2.40. The molecule has 1 fully saturated rings. The van der Waals surface area contributed by atoms with Gasteiger partial charge in [0, 0.05) is 19.1 Å². The summed E-state index contributed by atoms with van der Waals surface area (Å²) in [5, 5.41) is 20.4. The fraction of sp³-hybridized carbons (Fsp3) is 0.615. The molecule has 0 aromatic carbocycles. The first-order valence-electron chi connectivity index (χ1n) is 6.21. The molecule has 0 radical (unpaired) electrons. The highest BCUT2D eigenvalue weighted by Gasteiger charge is 2.19. The van der Waals surface area contributed by atoms with Gasteiger partial charge in [-0.05, 0) is 38.8 Å². The third-order valence-corrected chi connectivity index (χ3v) is 3.04. The second kappa shape index (κ2) is 5.32. The van der Waals surface area contributed by atoms with Crippen molar-refractivity contribution >= 4 is 5.82 Å². The molecule has 0 atom stereocenters. The maximum absolute atomic E-state index is 8.94. The van der Waals surface area contributed by atoms with Crippen molar-refractivity contribution in [3.63, 3.8) is 0 Å². The van der Waals surface area contributed by atoms with Crippen LogP contribution in [0, 0.1) is 11.3 Å². The minimum Gasteiger partial charge on any atom is -0.381 e. The average molecular weight is 246 g/mol. The number of hydrogen-bond acceptors (Lipinski definition) is 5. The van der Waals surface area contributed by atoms with Gasteiger partial charge in [0.1, 0.15) is 11.4 Å².